The van der Waals surface area contributed by atoms with Crippen molar-refractivity contribution in [3.8, 4) is 12.3 Å². The van der Waals surface area contributed by atoms with E-state index in [0.29, 0.717) is 6.42 Å². The third-order valence-corrected chi connectivity index (χ3v) is 2.95. The van der Waals surface area contributed by atoms with Gasteiger partial charge in [0.1, 0.15) is 0 Å². The summed E-state index contributed by atoms with van der Waals surface area (Å²) in [5, 5.41) is 9.64. The smallest absolute Gasteiger partial charge is 0.0552 e. The zero-order valence-electron chi connectivity index (χ0n) is 8.34. The molecule has 1 rings (SSSR count). The monoisotopic (exact) mass is 180 g/mol. The van der Waals surface area contributed by atoms with E-state index in [1.807, 2.05) is 0 Å². The van der Waals surface area contributed by atoms with E-state index >= 15 is 0 Å². The van der Waals surface area contributed by atoms with Crippen LogP contribution in [-0.4, -0.2) is 11.2 Å². The molecule has 0 amide bonds. The van der Waals surface area contributed by atoms with Crippen LogP contribution in [0.3, 0.4) is 0 Å². The Morgan fingerprint density at radius 3 is 2.62 bits per heavy atom. The van der Waals surface area contributed by atoms with Crippen molar-refractivity contribution in [1.82, 2.24) is 0 Å². The highest BCUT2D eigenvalue weighted by molar-refractivity contribution is 4.84. The summed E-state index contributed by atoms with van der Waals surface area (Å²) in [4.78, 5) is 0. The second kappa shape index (κ2) is 6.05. The quantitative estimate of drug-likeness (QED) is 0.659. The molecule has 13 heavy (non-hydrogen) atoms. The maximum absolute atomic E-state index is 9.64. The van der Waals surface area contributed by atoms with Gasteiger partial charge in [0.25, 0.3) is 0 Å². The third-order valence-electron chi connectivity index (χ3n) is 2.95. The molecule has 1 heteroatoms. The van der Waals surface area contributed by atoms with Crippen LogP contribution >= 0.6 is 0 Å². The molecule has 0 aromatic heterocycles. The van der Waals surface area contributed by atoms with Crippen LogP contribution in [0.15, 0.2) is 0 Å². The summed E-state index contributed by atoms with van der Waals surface area (Å²) >= 11 is 0. The van der Waals surface area contributed by atoms with E-state index in [0.717, 1.165) is 18.8 Å². The first-order chi connectivity index (χ1) is 6.33. The van der Waals surface area contributed by atoms with Crippen LogP contribution in [0.5, 0.6) is 0 Å². The van der Waals surface area contributed by atoms with Gasteiger partial charge >= 0.3 is 0 Å². The Kier molecular flexibility index (Phi) is 4.93. The summed E-state index contributed by atoms with van der Waals surface area (Å²) in [6.45, 7) is 0. The van der Waals surface area contributed by atoms with Gasteiger partial charge in [-0.05, 0) is 18.8 Å². The van der Waals surface area contributed by atoms with Crippen LogP contribution < -0.4 is 0 Å². The number of rotatable bonds is 4. The molecule has 0 radical (unpaired) electrons. The molecule has 1 aliphatic carbocycles. The summed E-state index contributed by atoms with van der Waals surface area (Å²) in [5.41, 5.74) is 0. The van der Waals surface area contributed by atoms with Crippen molar-refractivity contribution in [2.45, 2.75) is 57.5 Å². The lowest BCUT2D eigenvalue weighted by molar-refractivity contribution is 0.123. The molecule has 74 valence electrons. The predicted molar refractivity (Wildman–Crippen MR) is 55.3 cm³/mol. The minimum Gasteiger partial charge on any atom is -0.393 e. The highest BCUT2D eigenvalue weighted by Crippen LogP contribution is 2.27. The van der Waals surface area contributed by atoms with Gasteiger partial charge < -0.3 is 5.11 Å². The van der Waals surface area contributed by atoms with Crippen LogP contribution in [0.1, 0.15) is 51.4 Å². The highest BCUT2D eigenvalue weighted by Gasteiger charge is 2.16. The summed E-state index contributed by atoms with van der Waals surface area (Å²) in [6.07, 6.45) is 14.2. The van der Waals surface area contributed by atoms with Crippen LogP contribution in [0.2, 0.25) is 0 Å². The Morgan fingerprint density at radius 1 is 1.31 bits per heavy atom. The molecule has 1 aliphatic rings. The summed E-state index contributed by atoms with van der Waals surface area (Å²) in [5.74, 6) is 3.34. The molecule has 1 nitrogen and oxygen atoms in total. The van der Waals surface area contributed by atoms with Gasteiger partial charge in [0.15, 0.2) is 0 Å². The fourth-order valence-electron chi connectivity index (χ4n) is 2.18. The Morgan fingerprint density at radius 2 is 2.00 bits per heavy atom. The fourth-order valence-corrected chi connectivity index (χ4v) is 2.18. The molecule has 0 unspecified atom stereocenters. The van der Waals surface area contributed by atoms with Crippen molar-refractivity contribution in [2.24, 2.45) is 5.92 Å². The first-order valence-electron chi connectivity index (χ1n) is 5.44. The van der Waals surface area contributed by atoms with E-state index in [-0.39, 0.29) is 6.10 Å². The lowest BCUT2D eigenvalue weighted by Crippen LogP contribution is -2.15. The van der Waals surface area contributed by atoms with Crippen molar-refractivity contribution in [2.75, 3.05) is 0 Å². The maximum atomic E-state index is 9.64. The molecular weight excluding hydrogens is 160 g/mol. The van der Waals surface area contributed by atoms with E-state index < -0.39 is 0 Å². The van der Waals surface area contributed by atoms with E-state index in [1.54, 1.807) is 0 Å². The van der Waals surface area contributed by atoms with Crippen molar-refractivity contribution >= 4 is 0 Å². The molecule has 0 heterocycles. The van der Waals surface area contributed by atoms with E-state index in [9.17, 15) is 5.11 Å². The Bertz CT molecular complexity index is 162. The van der Waals surface area contributed by atoms with Crippen LogP contribution in [0, 0.1) is 18.3 Å². The van der Waals surface area contributed by atoms with E-state index in [1.165, 1.54) is 32.1 Å². The van der Waals surface area contributed by atoms with Crippen LogP contribution in [0.4, 0.5) is 0 Å². The molecule has 0 aliphatic heterocycles. The van der Waals surface area contributed by atoms with Gasteiger partial charge in [0, 0.05) is 6.42 Å². The fraction of sp³-hybridized carbons (Fsp3) is 0.833. The first kappa shape index (κ1) is 10.6. The van der Waals surface area contributed by atoms with Crippen LogP contribution in [-0.2, 0) is 0 Å². The highest BCUT2D eigenvalue weighted by atomic mass is 16.3. The van der Waals surface area contributed by atoms with Gasteiger partial charge in [-0.25, -0.2) is 0 Å². The molecular formula is C12H20O. The maximum Gasteiger partial charge on any atom is 0.0552 e. The lowest BCUT2D eigenvalue weighted by Gasteiger charge is -2.23. The SMILES string of the molecule is C#CCC[C@@H](O)CC1CCCCC1. The number of aliphatic hydroxyl groups is 1. The zero-order valence-corrected chi connectivity index (χ0v) is 8.34. The Balaban J connectivity index is 2.11. The van der Waals surface area contributed by atoms with Gasteiger partial charge in [-0.3, -0.25) is 0 Å². The molecule has 0 aromatic rings. The minimum absolute atomic E-state index is 0.154. The predicted octanol–water partition coefficient (Wildman–Crippen LogP) is 2.73. The molecule has 0 spiro atoms. The standard InChI is InChI=1S/C12H20O/c1-2-3-9-12(13)10-11-7-5-4-6-8-11/h1,11-13H,3-10H2/t12-/m1/s1. The van der Waals surface area contributed by atoms with Gasteiger partial charge in [-0.2, -0.15) is 0 Å². The topological polar surface area (TPSA) is 20.2 Å². The number of terminal acetylenes is 1. The lowest BCUT2D eigenvalue weighted by atomic mass is 9.85. The molecule has 1 saturated carbocycles. The summed E-state index contributed by atoms with van der Waals surface area (Å²) < 4.78 is 0. The average Bonchev–Trinajstić information content (AvgIpc) is 2.16. The van der Waals surface area contributed by atoms with Gasteiger partial charge in [0.2, 0.25) is 0 Å². The average molecular weight is 180 g/mol. The van der Waals surface area contributed by atoms with Gasteiger partial charge in [-0.1, -0.05) is 32.1 Å². The third kappa shape index (κ3) is 4.33. The molecule has 0 aromatic carbocycles. The second-order valence-electron chi connectivity index (χ2n) is 4.14. The number of hydrogen-bond acceptors (Lipinski definition) is 1. The largest absolute Gasteiger partial charge is 0.393 e. The van der Waals surface area contributed by atoms with E-state index in [4.69, 9.17) is 6.42 Å². The molecule has 1 atom stereocenters. The van der Waals surface area contributed by atoms with Gasteiger partial charge in [0.05, 0.1) is 6.10 Å². The molecule has 1 N–H and O–H groups in total. The van der Waals surface area contributed by atoms with Crippen LogP contribution in [0.25, 0.3) is 0 Å². The second-order valence-corrected chi connectivity index (χ2v) is 4.14. The molecule has 0 saturated heterocycles. The Labute approximate surface area is 81.5 Å². The molecule has 1 fully saturated rings. The first-order valence-corrected chi connectivity index (χ1v) is 5.44. The normalized spacial score (nSPS) is 20.9. The van der Waals surface area contributed by atoms with E-state index in [2.05, 4.69) is 5.92 Å². The van der Waals surface area contributed by atoms with Gasteiger partial charge in [-0.15, -0.1) is 12.3 Å². The minimum atomic E-state index is -0.154. The Hall–Kier alpha value is -0.480. The van der Waals surface area contributed by atoms with Crippen molar-refractivity contribution < 1.29 is 5.11 Å². The zero-order chi connectivity index (χ0) is 9.52. The number of hydrogen-bond donors (Lipinski definition) is 1. The molecule has 0 bridgehead atoms. The van der Waals surface area contributed by atoms with Crippen molar-refractivity contribution in [1.29, 1.82) is 0 Å². The summed E-state index contributed by atoms with van der Waals surface area (Å²) in [6, 6.07) is 0. The number of aliphatic hydroxyl groups excluding tert-OH is 1. The summed E-state index contributed by atoms with van der Waals surface area (Å²) in [7, 11) is 0. The van der Waals surface area contributed by atoms with Crippen molar-refractivity contribution in [3.63, 3.8) is 0 Å². The van der Waals surface area contributed by atoms with Crippen molar-refractivity contribution in [3.05, 3.63) is 0 Å².